The van der Waals surface area contributed by atoms with Gasteiger partial charge in [-0.25, -0.2) is 0 Å². The van der Waals surface area contributed by atoms with Crippen molar-refractivity contribution in [1.82, 2.24) is 9.80 Å². The van der Waals surface area contributed by atoms with Gasteiger partial charge in [0.2, 0.25) is 6.29 Å². The molecule has 2 aliphatic heterocycles. The highest BCUT2D eigenvalue weighted by molar-refractivity contribution is 5.91. The SMILES string of the molecule is CCO[C@H]1OC(C(=O)N2CCN(C)CC2)=C[C@@H](C2CCCC2)[C@@H]1CCCO. The third-order valence-electron chi connectivity index (χ3n) is 6.40. The summed E-state index contributed by atoms with van der Waals surface area (Å²) in [5.74, 6) is 1.60. The van der Waals surface area contributed by atoms with Gasteiger partial charge in [-0.2, -0.15) is 0 Å². The average molecular weight is 381 g/mol. The molecule has 0 radical (unpaired) electrons. The van der Waals surface area contributed by atoms with Crippen LogP contribution in [0.25, 0.3) is 0 Å². The molecule has 154 valence electrons. The molecular weight excluding hydrogens is 344 g/mol. The second-order valence-electron chi connectivity index (χ2n) is 8.22. The van der Waals surface area contributed by atoms with Gasteiger partial charge in [0.15, 0.2) is 5.76 Å². The Labute approximate surface area is 163 Å². The van der Waals surface area contributed by atoms with E-state index in [1.807, 2.05) is 11.8 Å². The van der Waals surface area contributed by atoms with E-state index in [4.69, 9.17) is 9.47 Å². The van der Waals surface area contributed by atoms with Crippen molar-refractivity contribution in [2.75, 3.05) is 46.4 Å². The summed E-state index contributed by atoms with van der Waals surface area (Å²) in [6.07, 6.45) is 8.30. The first-order chi connectivity index (χ1) is 13.1. The molecule has 1 saturated carbocycles. The van der Waals surface area contributed by atoms with E-state index in [2.05, 4.69) is 18.0 Å². The van der Waals surface area contributed by atoms with Crippen LogP contribution in [0.5, 0.6) is 0 Å². The Morgan fingerprint density at radius 3 is 2.59 bits per heavy atom. The molecule has 0 aromatic rings. The number of aliphatic hydroxyl groups is 1. The van der Waals surface area contributed by atoms with E-state index in [1.54, 1.807) is 0 Å². The molecule has 1 amide bonds. The first-order valence-electron chi connectivity index (χ1n) is 10.7. The van der Waals surface area contributed by atoms with Crippen LogP contribution in [0, 0.1) is 17.8 Å². The first-order valence-corrected chi connectivity index (χ1v) is 10.7. The van der Waals surface area contributed by atoms with Gasteiger partial charge in [-0.05, 0) is 57.6 Å². The topological polar surface area (TPSA) is 62.2 Å². The summed E-state index contributed by atoms with van der Waals surface area (Å²) in [4.78, 5) is 17.3. The molecule has 6 nitrogen and oxygen atoms in total. The Hall–Kier alpha value is -1.11. The molecule has 3 aliphatic rings. The quantitative estimate of drug-likeness (QED) is 0.734. The van der Waals surface area contributed by atoms with E-state index >= 15 is 0 Å². The molecule has 2 heterocycles. The van der Waals surface area contributed by atoms with Crippen LogP contribution in [-0.4, -0.2) is 73.5 Å². The van der Waals surface area contributed by atoms with Crippen molar-refractivity contribution in [1.29, 1.82) is 0 Å². The van der Waals surface area contributed by atoms with Crippen molar-refractivity contribution in [3.63, 3.8) is 0 Å². The Morgan fingerprint density at radius 2 is 1.96 bits per heavy atom. The van der Waals surface area contributed by atoms with Crippen LogP contribution >= 0.6 is 0 Å². The van der Waals surface area contributed by atoms with Crippen LogP contribution in [0.3, 0.4) is 0 Å². The van der Waals surface area contributed by atoms with Crippen molar-refractivity contribution in [2.45, 2.75) is 51.7 Å². The third kappa shape index (κ3) is 5.04. The number of carbonyl (C=O) groups is 1. The summed E-state index contributed by atoms with van der Waals surface area (Å²) in [5.41, 5.74) is 0. The van der Waals surface area contributed by atoms with Crippen LogP contribution in [-0.2, 0) is 14.3 Å². The van der Waals surface area contributed by atoms with E-state index in [9.17, 15) is 9.90 Å². The minimum absolute atomic E-state index is 0.0106. The van der Waals surface area contributed by atoms with Crippen molar-refractivity contribution in [2.24, 2.45) is 17.8 Å². The minimum Gasteiger partial charge on any atom is -0.459 e. The Bertz CT molecular complexity index is 510. The summed E-state index contributed by atoms with van der Waals surface area (Å²) in [6, 6.07) is 0. The van der Waals surface area contributed by atoms with Gasteiger partial charge in [0.05, 0.1) is 0 Å². The number of hydrogen-bond acceptors (Lipinski definition) is 5. The molecule has 3 rings (SSSR count). The fraction of sp³-hybridized carbons (Fsp3) is 0.857. The van der Waals surface area contributed by atoms with Gasteiger partial charge in [-0.1, -0.05) is 12.8 Å². The van der Waals surface area contributed by atoms with E-state index in [0.717, 1.165) is 39.0 Å². The number of carbonyl (C=O) groups excluding carboxylic acids is 1. The molecule has 6 heteroatoms. The summed E-state index contributed by atoms with van der Waals surface area (Å²) in [5, 5.41) is 9.33. The highest BCUT2D eigenvalue weighted by Gasteiger charge is 2.42. The fourth-order valence-electron chi connectivity index (χ4n) is 4.82. The molecule has 3 atom stereocenters. The van der Waals surface area contributed by atoms with E-state index in [0.29, 0.717) is 24.2 Å². The summed E-state index contributed by atoms with van der Waals surface area (Å²) >= 11 is 0. The summed E-state index contributed by atoms with van der Waals surface area (Å²) in [7, 11) is 2.09. The van der Waals surface area contributed by atoms with Gasteiger partial charge in [0, 0.05) is 45.3 Å². The third-order valence-corrected chi connectivity index (χ3v) is 6.40. The van der Waals surface area contributed by atoms with Crippen LogP contribution in [0.2, 0.25) is 0 Å². The average Bonchev–Trinajstić information content (AvgIpc) is 3.21. The molecule has 0 aromatic heterocycles. The van der Waals surface area contributed by atoms with E-state index in [1.165, 1.54) is 25.7 Å². The Balaban J connectivity index is 1.80. The smallest absolute Gasteiger partial charge is 0.288 e. The lowest BCUT2D eigenvalue weighted by molar-refractivity contribution is -0.179. The minimum atomic E-state index is -0.386. The number of amides is 1. The molecule has 2 fully saturated rings. The molecule has 1 N–H and O–H groups in total. The molecule has 0 spiro atoms. The lowest BCUT2D eigenvalue weighted by Gasteiger charge is -2.41. The number of nitrogens with zero attached hydrogens (tertiary/aromatic N) is 2. The zero-order valence-electron chi connectivity index (χ0n) is 16.9. The zero-order valence-corrected chi connectivity index (χ0v) is 16.9. The Morgan fingerprint density at radius 1 is 1.26 bits per heavy atom. The highest BCUT2D eigenvalue weighted by Crippen LogP contribution is 2.43. The van der Waals surface area contributed by atoms with Crippen molar-refractivity contribution < 1.29 is 19.4 Å². The van der Waals surface area contributed by atoms with Crippen LogP contribution in [0.4, 0.5) is 0 Å². The van der Waals surface area contributed by atoms with Gasteiger partial charge >= 0.3 is 0 Å². The number of likely N-dealkylation sites (N-methyl/N-ethyl adjacent to an activating group) is 1. The normalized spacial score (nSPS) is 30.3. The standard InChI is InChI=1S/C21H36N2O4/c1-3-26-21-17(9-6-14-24)18(16-7-4-5-8-16)15-19(27-21)20(25)23-12-10-22(2)11-13-23/h15-18,21,24H,3-14H2,1-2H3/t17-,18-,21-/m0/s1. The molecule has 0 aromatic carbocycles. The molecule has 0 bridgehead atoms. The van der Waals surface area contributed by atoms with Gasteiger partial charge in [0.1, 0.15) is 0 Å². The van der Waals surface area contributed by atoms with Gasteiger partial charge < -0.3 is 24.4 Å². The fourth-order valence-corrected chi connectivity index (χ4v) is 4.82. The van der Waals surface area contributed by atoms with Gasteiger partial charge in [0.25, 0.3) is 5.91 Å². The summed E-state index contributed by atoms with van der Waals surface area (Å²) < 4.78 is 12.1. The maximum Gasteiger partial charge on any atom is 0.288 e. The zero-order chi connectivity index (χ0) is 19.2. The van der Waals surface area contributed by atoms with Crippen LogP contribution in [0.15, 0.2) is 11.8 Å². The monoisotopic (exact) mass is 380 g/mol. The first kappa shape index (κ1) is 20.6. The number of rotatable bonds is 7. The predicted octanol–water partition coefficient (Wildman–Crippen LogP) is 2.23. The summed E-state index contributed by atoms with van der Waals surface area (Å²) in [6.45, 7) is 6.02. The number of piperazine rings is 1. The lowest BCUT2D eigenvalue weighted by atomic mass is 9.76. The predicted molar refractivity (Wildman–Crippen MR) is 104 cm³/mol. The van der Waals surface area contributed by atoms with E-state index < -0.39 is 0 Å². The maximum absolute atomic E-state index is 13.1. The van der Waals surface area contributed by atoms with Crippen LogP contribution < -0.4 is 0 Å². The lowest BCUT2D eigenvalue weighted by Crippen LogP contribution is -2.49. The highest BCUT2D eigenvalue weighted by atomic mass is 16.7. The molecule has 1 saturated heterocycles. The molecule has 1 aliphatic carbocycles. The Kier molecular flexibility index (Phi) is 7.56. The second-order valence-corrected chi connectivity index (χ2v) is 8.22. The second kappa shape index (κ2) is 9.89. The number of aliphatic hydroxyl groups excluding tert-OH is 1. The van der Waals surface area contributed by atoms with E-state index in [-0.39, 0.29) is 24.7 Å². The number of hydrogen-bond donors (Lipinski definition) is 1. The van der Waals surface area contributed by atoms with Crippen molar-refractivity contribution >= 4 is 5.91 Å². The maximum atomic E-state index is 13.1. The van der Waals surface area contributed by atoms with Gasteiger partial charge in [-0.3, -0.25) is 4.79 Å². The van der Waals surface area contributed by atoms with Gasteiger partial charge in [-0.15, -0.1) is 0 Å². The molecular formula is C21H36N2O4. The molecule has 0 unspecified atom stereocenters. The van der Waals surface area contributed by atoms with Crippen LogP contribution in [0.1, 0.15) is 45.4 Å². The number of ether oxygens (including phenoxy) is 2. The number of allylic oxidation sites excluding steroid dienone is 1. The van der Waals surface area contributed by atoms with Crippen molar-refractivity contribution in [3.05, 3.63) is 11.8 Å². The molecule has 27 heavy (non-hydrogen) atoms. The largest absolute Gasteiger partial charge is 0.459 e. The van der Waals surface area contributed by atoms with Crippen molar-refractivity contribution in [3.8, 4) is 0 Å².